The number of amides is 2. The number of nitrogens with zero attached hydrogens (tertiary/aromatic N) is 2. The highest BCUT2D eigenvalue weighted by Crippen LogP contribution is 2.09. The van der Waals surface area contributed by atoms with Gasteiger partial charge in [0.25, 0.3) is 5.91 Å². The summed E-state index contributed by atoms with van der Waals surface area (Å²) in [5, 5.41) is 18.8. The van der Waals surface area contributed by atoms with Gasteiger partial charge in [0.1, 0.15) is 0 Å². The Kier molecular flexibility index (Phi) is 4.37. The lowest BCUT2D eigenvalue weighted by Gasteiger charge is -2.19. The number of carbonyl (C=O) groups is 3. The highest BCUT2D eigenvalue weighted by molar-refractivity contribution is 6.04. The summed E-state index contributed by atoms with van der Waals surface area (Å²) in [6.45, 7) is -0.181. The van der Waals surface area contributed by atoms with Gasteiger partial charge in [0.15, 0.2) is 0 Å². The zero-order valence-electron chi connectivity index (χ0n) is 11.2. The third-order valence-electron chi connectivity index (χ3n) is 2.74. The third kappa shape index (κ3) is 3.39. The van der Waals surface area contributed by atoms with Gasteiger partial charge in [-0.2, -0.15) is 0 Å². The molecule has 0 atom stereocenters. The Hall–Kier alpha value is -3.36. The fourth-order valence-electron chi connectivity index (χ4n) is 1.74. The predicted molar refractivity (Wildman–Crippen MR) is 73.0 cm³/mol. The molecule has 0 aliphatic heterocycles. The van der Waals surface area contributed by atoms with Crippen molar-refractivity contribution in [1.82, 2.24) is 20.4 Å². The molecule has 2 amide bonds. The zero-order chi connectivity index (χ0) is 16.1. The van der Waals surface area contributed by atoms with E-state index in [2.05, 4.69) is 15.4 Å². The van der Waals surface area contributed by atoms with E-state index >= 15 is 0 Å². The molecule has 2 rings (SSSR count). The van der Waals surface area contributed by atoms with Gasteiger partial charge in [-0.05, 0) is 12.1 Å². The zero-order valence-corrected chi connectivity index (χ0v) is 11.2. The van der Waals surface area contributed by atoms with Crippen molar-refractivity contribution in [3.05, 3.63) is 53.6 Å². The molecule has 2 aromatic rings. The number of rotatable bonds is 4. The second-order valence-corrected chi connectivity index (χ2v) is 4.22. The van der Waals surface area contributed by atoms with Crippen LogP contribution < -0.4 is 5.43 Å². The summed E-state index contributed by atoms with van der Waals surface area (Å²) in [5.74, 6) is -2.11. The number of carboxylic acids is 1. The van der Waals surface area contributed by atoms with Crippen molar-refractivity contribution in [2.75, 3.05) is 0 Å². The Bertz CT molecular complexity index is 698. The largest absolute Gasteiger partial charge is 0.478 e. The minimum atomic E-state index is -1.40. The van der Waals surface area contributed by atoms with Gasteiger partial charge in [-0.15, -0.1) is 0 Å². The van der Waals surface area contributed by atoms with Gasteiger partial charge < -0.3 is 15.2 Å². The van der Waals surface area contributed by atoms with Gasteiger partial charge in [0.05, 0.1) is 29.7 Å². The molecule has 9 heteroatoms. The first-order valence-electron chi connectivity index (χ1n) is 6.10. The fourth-order valence-corrected chi connectivity index (χ4v) is 1.74. The molecule has 0 aliphatic rings. The topological polar surface area (TPSA) is 136 Å². The van der Waals surface area contributed by atoms with Crippen LogP contribution in [0.25, 0.3) is 0 Å². The number of hydrogen-bond acceptors (Lipinski definition) is 4. The van der Waals surface area contributed by atoms with Gasteiger partial charge in [-0.1, -0.05) is 12.1 Å². The van der Waals surface area contributed by atoms with Gasteiger partial charge >= 0.3 is 12.1 Å². The van der Waals surface area contributed by atoms with E-state index in [4.69, 9.17) is 10.2 Å². The average Bonchev–Trinajstić information content (AvgIpc) is 2.99. The van der Waals surface area contributed by atoms with Crippen molar-refractivity contribution in [2.24, 2.45) is 0 Å². The molecule has 1 aromatic heterocycles. The van der Waals surface area contributed by atoms with Crippen molar-refractivity contribution >= 4 is 18.0 Å². The summed E-state index contributed by atoms with van der Waals surface area (Å²) in [7, 11) is 0. The Morgan fingerprint density at radius 3 is 2.41 bits per heavy atom. The monoisotopic (exact) mass is 304 g/mol. The van der Waals surface area contributed by atoms with E-state index in [1.807, 2.05) is 0 Å². The first-order valence-corrected chi connectivity index (χ1v) is 6.10. The molecule has 114 valence electrons. The number of carboxylic acid groups (broad SMARTS) is 2. The Morgan fingerprint density at radius 1 is 1.18 bits per heavy atom. The average molecular weight is 304 g/mol. The highest BCUT2D eigenvalue weighted by Gasteiger charge is 2.21. The van der Waals surface area contributed by atoms with Crippen molar-refractivity contribution in [1.29, 1.82) is 0 Å². The van der Waals surface area contributed by atoms with Crippen LogP contribution in [0.15, 0.2) is 36.8 Å². The molecule has 9 nitrogen and oxygen atoms in total. The molecule has 0 unspecified atom stereocenters. The van der Waals surface area contributed by atoms with Crippen LogP contribution in [0.4, 0.5) is 4.79 Å². The van der Waals surface area contributed by atoms with Crippen LogP contribution in [-0.4, -0.2) is 43.2 Å². The maximum atomic E-state index is 12.1. The molecule has 1 heterocycles. The van der Waals surface area contributed by atoms with Crippen molar-refractivity contribution < 1.29 is 24.6 Å². The quantitative estimate of drug-likeness (QED) is 0.620. The Morgan fingerprint density at radius 2 is 1.86 bits per heavy atom. The van der Waals surface area contributed by atoms with Gasteiger partial charge in [-0.3, -0.25) is 10.2 Å². The standard InChI is InChI=1S/C13H12N4O5/c18-11(9-3-1-2-4-10(9)12(19)20)16-17(13(21)22)6-8-5-14-7-15-8/h1-5,7H,6H2,(H,14,15)(H,16,18)(H,19,20)(H,21,22). The lowest BCUT2D eigenvalue weighted by molar-refractivity contribution is 0.0677. The van der Waals surface area contributed by atoms with Crippen LogP contribution in [0.1, 0.15) is 26.4 Å². The number of benzene rings is 1. The fraction of sp³-hybridized carbons (Fsp3) is 0.0769. The number of imidazole rings is 1. The molecule has 0 aliphatic carbocycles. The van der Waals surface area contributed by atoms with Crippen LogP contribution in [0.2, 0.25) is 0 Å². The number of hydrogen-bond donors (Lipinski definition) is 4. The third-order valence-corrected chi connectivity index (χ3v) is 2.74. The van der Waals surface area contributed by atoms with Crippen LogP contribution in [0.3, 0.4) is 0 Å². The number of nitrogens with one attached hydrogen (secondary N) is 2. The van der Waals surface area contributed by atoms with E-state index < -0.39 is 18.0 Å². The second kappa shape index (κ2) is 6.39. The normalized spacial score (nSPS) is 10.0. The maximum absolute atomic E-state index is 12.1. The molecular weight excluding hydrogens is 292 g/mol. The van der Waals surface area contributed by atoms with E-state index in [9.17, 15) is 14.4 Å². The molecular formula is C13H12N4O5. The molecule has 1 aromatic carbocycles. The first-order chi connectivity index (χ1) is 10.5. The minimum absolute atomic E-state index is 0.136. The molecule has 4 N–H and O–H groups in total. The summed E-state index contributed by atoms with van der Waals surface area (Å²) in [5.41, 5.74) is 2.19. The van der Waals surface area contributed by atoms with Crippen molar-refractivity contribution in [2.45, 2.75) is 6.54 Å². The highest BCUT2D eigenvalue weighted by atomic mass is 16.4. The molecule has 0 spiro atoms. The van der Waals surface area contributed by atoms with Crippen molar-refractivity contribution in [3.8, 4) is 0 Å². The lowest BCUT2D eigenvalue weighted by atomic mass is 10.1. The summed E-state index contributed by atoms with van der Waals surface area (Å²) < 4.78 is 0. The molecule has 0 fully saturated rings. The Balaban J connectivity index is 2.18. The van der Waals surface area contributed by atoms with Crippen molar-refractivity contribution in [3.63, 3.8) is 0 Å². The summed E-state index contributed by atoms with van der Waals surface area (Å²) >= 11 is 0. The summed E-state index contributed by atoms with van der Waals surface area (Å²) in [6.07, 6.45) is 1.45. The Labute approximate surface area is 124 Å². The second-order valence-electron chi connectivity index (χ2n) is 4.22. The van der Waals surface area contributed by atoms with Gasteiger partial charge in [0, 0.05) is 6.20 Å². The predicted octanol–water partition coefficient (Wildman–Crippen LogP) is 0.933. The van der Waals surface area contributed by atoms with E-state index in [1.54, 1.807) is 0 Å². The lowest BCUT2D eigenvalue weighted by Crippen LogP contribution is -2.45. The molecule has 22 heavy (non-hydrogen) atoms. The van der Waals surface area contributed by atoms with Gasteiger partial charge in [-0.25, -0.2) is 19.6 Å². The number of aromatic nitrogens is 2. The SMILES string of the molecule is O=C(O)c1ccccc1C(=O)NN(Cc1c[nH]cn1)C(=O)O. The first kappa shape index (κ1) is 15.0. The minimum Gasteiger partial charge on any atom is -0.478 e. The van der Waals surface area contributed by atoms with E-state index in [1.165, 1.54) is 36.8 Å². The van der Waals surface area contributed by atoms with Crippen LogP contribution in [0, 0.1) is 0 Å². The number of aromatic amines is 1. The van der Waals surface area contributed by atoms with Crippen LogP contribution >= 0.6 is 0 Å². The maximum Gasteiger partial charge on any atom is 0.426 e. The number of aromatic carboxylic acids is 1. The van der Waals surface area contributed by atoms with Crippen LogP contribution in [0.5, 0.6) is 0 Å². The van der Waals surface area contributed by atoms with E-state index in [-0.39, 0.29) is 17.7 Å². The van der Waals surface area contributed by atoms with Crippen LogP contribution in [-0.2, 0) is 6.54 Å². The van der Waals surface area contributed by atoms with E-state index in [0.29, 0.717) is 10.7 Å². The smallest absolute Gasteiger partial charge is 0.426 e. The summed E-state index contributed by atoms with van der Waals surface area (Å²) in [4.78, 5) is 40.9. The number of hydrazine groups is 1. The molecule has 0 radical (unpaired) electrons. The number of carbonyl (C=O) groups excluding carboxylic acids is 1. The number of H-pyrrole nitrogens is 1. The summed E-state index contributed by atoms with van der Waals surface area (Å²) in [6, 6.07) is 5.52. The van der Waals surface area contributed by atoms with E-state index in [0.717, 1.165) is 0 Å². The molecule has 0 bridgehead atoms. The van der Waals surface area contributed by atoms with Gasteiger partial charge in [0.2, 0.25) is 0 Å². The molecule has 0 saturated heterocycles. The molecule has 0 saturated carbocycles.